The minimum absolute atomic E-state index is 0.161. The molecule has 30 heavy (non-hydrogen) atoms. The summed E-state index contributed by atoms with van der Waals surface area (Å²) < 4.78 is 7.11. The highest BCUT2D eigenvalue weighted by molar-refractivity contribution is 8.00. The third kappa shape index (κ3) is 4.63. The molecule has 0 atom stereocenters. The lowest BCUT2D eigenvalue weighted by Crippen LogP contribution is -2.30. The first-order valence-electron chi connectivity index (χ1n) is 9.85. The Labute approximate surface area is 183 Å². The third-order valence-electron chi connectivity index (χ3n) is 5.14. The molecule has 0 saturated heterocycles. The van der Waals surface area contributed by atoms with Crippen LogP contribution in [0.4, 0.5) is 5.69 Å². The Hall–Kier alpha value is -2.51. The molecule has 8 heteroatoms. The van der Waals surface area contributed by atoms with Gasteiger partial charge in [-0.3, -0.25) is 9.36 Å². The zero-order chi connectivity index (χ0) is 21.1. The van der Waals surface area contributed by atoms with Crippen molar-refractivity contribution in [3.63, 3.8) is 0 Å². The van der Waals surface area contributed by atoms with Gasteiger partial charge >= 0.3 is 5.69 Å². The molecule has 0 saturated carbocycles. The number of halogens is 1. The number of hydrogen-bond donors (Lipinski definition) is 1. The number of anilines is 1. The number of rotatable bonds is 6. The molecule has 3 aromatic rings. The standard InChI is InChI=1S/C22H22ClN3O3S/c1-14-8-9-15(11-18(14)23)24-20(27)13-30-21-17-6-2-3-7-19(17)26(22(28)25-21)12-16-5-4-10-29-16/h4-5,8-11H,2-3,6-7,12-13H2,1H3,(H,24,27). The van der Waals surface area contributed by atoms with Crippen LogP contribution < -0.4 is 11.0 Å². The van der Waals surface area contributed by atoms with E-state index in [9.17, 15) is 9.59 Å². The molecule has 1 aliphatic rings. The van der Waals surface area contributed by atoms with Crippen molar-refractivity contribution in [1.29, 1.82) is 0 Å². The van der Waals surface area contributed by atoms with Gasteiger partial charge in [-0.2, -0.15) is 4.98 Å². The van der Waals surface area contributed by atoms with E-state index in [0.717, 1.165) is 48.3 Å². The summed E-state index contributed by atoms with van der Waals surface area (Å²) in [6.07, 6.45) is 5.38. The van der Waals surface area contributed by atoms with Gasteiger partial charge in [0.2, 0.25) is 5.91 Å². The van der Waals surface area contributed by atoms with Gasteiger partial charge in [-0.1, -0.05) is 29.4 Å². The van der Waals surface area contributed by atoms with Crippen molar-refractivity contribution in [2.24, 2.45) is 0 Å². The molecule has 1 aromatic carbocycles. The van der Waals surface area contributed by atoms with Crippen LogP contribution >= 0.6 is 23.4 Å². The van der Waals surface area contributed by atoms with E-state index in [2.05, 4.69) is 10.3 Å². The van der Waals surface area contributed by atoms with E-state index < -0.39 is 0 Å². The number of furan rings is 1. The van der Waals surface area contributed by atoms with Crippen LogP contribution in [0.3, 0.4) is 0 Å². The Morgan fingerprint density at radius 3 is 2.90 bits per heavy atom. The van der Waals surface area contributed by atoms with Crippen molar-refractivity contribution < 1.29 is 9.21 Å². The summed E-state index contributed by atoms with van der Waals surface area (Å²) in [5, 5.41) is 4.11. The summed E-state index contributed by atoms with van der Waals surface area (Å²) in [5.41, 5.74) is 3.38. The number of benzene rings is 1. The molecular weight excluding hydrogens is 422 g/mol. The lowest BCUT2D eigenvalue weighted by atomic mass is 9.97. The van der Waals surface area contributed by atoms with Crippen molar-refractivity contribution in [2.45, 2.75) is 44.2 Å². The first-order valence-corrected chi connectivity index (χ1v) is 11.2. The maximum absolute atomic E-state index is 12.7. The number of aromatic nitrogens is 2. The normalized spacial score (nSPS) is 13.1. The van der Waals surface area contributed by atoms with Crippen LogP contribution in [0, 0.1) is 6.92 Å². The summed E-state index contributed by atoms with van der Waals surface area (Å²) in [4.78, 5) is 29.4. The van der Waals surface area contributed by atoms with Gasteiger partial charge in [0.1, 0.15) is 10.8 Å². The fraction of sp³-hybridized carbons (Fsp3) is 0.318. The second-order valence-corrected chi connectivity index (χ2v) is 8.67. The number of amides is 1. The maximum Gasteiger partial charge on any atom is 0.349 e. The Kier molecular flexibility index (Phi) is 6.29. The smallest absolute Gasteiger partial charge is 0.349 e. The monoisotopic (exact) mass is 443 g/mol. The van der Waals surface area contributed by atoms with Crippen LogP contribution in [0.15, 0.2) is 50.8 Å². The van der Waals surface area contributed by atoms with Crippen molar-refractivity contribution in [1.82, 2.24) is 9.55 Å². The zero-order valence-corrected chi connectivity index (χ0v) is 18.2. The second-order valence-electron chi connectivity index (χ2n) is 7.30. The average Bonchev–Trinajstić information content (AvgIpc) is 3.25. The fourth-order valence-corrected chi connectivity index (χ4v) is 4.65. The van der Waals surface area contributed by atoms with E-state index in [4.69, 9.17) is 16.0 Å². The van der Waals surface area contributed by atoms with Crippen molar-refractivity contribution in [2.75, 3.05) is 11.1 Å². The van der Waals surface area contributed by atoms with E-state index in [0.29, 0.717) is 22.3 Å². The topological polar surface area (TPSA) is 77.1 Å². The van der Waals surface area contributed by atoms with E-state index in [1.807, 2.05) is 31.2 Å². The maximum atomic E-state index is 12.7. The highest BCUT2D eigenvalue weighted by atomic mass is 35.5. The SMILES string of the molecule is Cc1ccc(NC(=O)CSc2nc(=O)n(Cc3ccco3)c3c2CCCC3)cc1Cl. The Bertz CT molecular complexity index is 1130. The van der Waals surface area contributed by atoms with E-state index >= 15 is 0 Å². The molecule has 0 aliphatic heterocycles. The Morgan fingerprint density at radius 1 is 1.30 bits per heavy atom. The van der Waals surface area contributed by atoms with Crippen molar-refractivity contribution in [3.05, 3.63) is 74.7 Å². The number of fused-ring (bicyclic) bond motifs is 1. The van der Waals surface area contributed by atoms with E-state index in [1.54, 1.807) is 16.9 Å². The van der Waals surface area contributed by atoms with Crippen LogP contribution in [-0.4, -0.2) is 21.2 Å². The molecule has 2 aromatic heterocycles. The molecule has 2 heterocycles. The largest absolute Gasteiger partial charge is 0.467 e. The van der Waals surface area contributed by atoms with Crippen LogP contribution in [-0.2, 0) is 24.2 Å². The predicted molar refractivity (Wildman–Crippen MR) is 118 cm³/mol. The summed E-state index contributed by atoms with van der Waals surface area (Å²) in [6.45, 7) is 2.29. The molecule has 1 aliphatic carbocycles. The van der Waals surface area contributed by atoms with Crippen LogP contribution in [0.1, 0.15) is 35.4 Å². The van der Waals surface area contributed by atoms with Gasteiger partial charge in [0.15, 0.2) is 0 Å². The van der Waals surface area contributed by atoms with Gasteiger partial charge < -0.3 is 9.73 Å². The predicted octanol–water partition coefficient (Wildman–Crippen LogP) is 4.46. The highest BCUT2D eigenvalue weighted by Crippen LogP contribution is 2.29. The minimum atomic E-state index is -0.305. The fourth-order valence-electron chi connectivity index (χ4n) is 3.59. The first-order chi connectivity index (χ1) is 14.5. The number of carbonyl (C=O) groups is 1. The number of nitrogens with zero attached hydrogens (tertiary/aromatic N) is 2. The van der Waals surface area contributed by atoms with Crippen molar-refractivity contribution in [3.8, 4) is 0 Å². The summed E-state index contributed by atoms with van der Waals surface area (Å²) >= 11 is 7.43. The quantitative estimate of drug-likeness (QED) is 0.449. The number of thioether (sulfide) groups is 1. The van der Waals surface area contributed by atoms with Gasteiger partial charge in [0, 0.05) is 22.0 Å². The zero-order valence-electron chi connectivity index (χ0n) is 16.6. The molecule has 0 unspecified atom stereocenters. The van der Waals surface area contributed by atoms with E-state index in [1.165, 1.54) is 11.8 Å². The molecule has 1 amide bonds. The number of hydrogen-bond acceptors (Lipinski definition) is 5. The van der Waals surface area contributed by atoms with Crippen LogP contribution in [0.5, 0.6) is 0 Å². The summed E-state index contributed by atoms with van der Waals surface area (Å²) in [6, 6.07) is 9.08. The molecule has 156 valence electrons. The number of nitrogens with one attached hydrogen (secondary N) is 1. The molecule has 0 radical (unpaired) electrons. The molecule has 0 spiro atoms. The number of carbonyl (C=O) groups excluding carboxylic acids is 1. The van der Waals surface area contributed by atoms with Gasteiger partial charge in [-0.25, -0.2) is 4.79 Å². The van der Waals surface area contributed by atoms with Crippen molar-refractivity contribution >= 4 is 35.0 Å². The highest BCUT2D eigenvalue weighted by Gasteiger charge is 2.21. The van der Waals surface area contributed by atoms with Gasteiger partial charge in [0.25, 0.3) is 0 Å². The van der Waals surface area contributed by atoms with Crippen LogP contribution in [0.25, 0.3) is 0 Å². The number of aryl methyl sites for hydroxylation is 1. The molecule has 0 bridgehead atoms. The molecule has 0 fully saturated rings. The summed E-state index contributed by atoms with van der Waals surface area (Å²) in [5.74, 6) is 0.737. The van der Waals surface area contributed by atoms with Gasteiger partial charge in [0.05, 0.1) is 18.6 Å². The van der Waals surface area contributed by atoms with Gasteiger partial charge in [-0.15, -0.1) is 0 Å². The average molecular weight is 444 g/mol. The lowest BCUT2D eigenvalue weighted by Gasteiger charge is -2.22. The molecular formula is C22H22ClN3O3S. The molecule has 6 nitrogen and oxygen atoms in total. The Morgan fingerprint density at radius 2 is 2.13 bits per heavy atom. The van der Waals surface area contributed by atoms with E-state index in [-0.39, 0.29) is 17.3 Å². The first kappa shape index (κ1) is 20.8. The summed E-state index contributed by atoms with van der Waals surface area (Å²) in [7, 11) is 0. The molecule has 4 rings (SSSR count). The second kappa shape index (κ2) is 9.10. The third-order valence-corrected chi connectivity index (χ3v) is 6.57. The lowest BCUT2D eigenvalue weighted by molar-refractivity contribution is -0.113. The molecule has 1 N–H and O–H groups in total. The minimum Gasteiger partial charge on any atom is -0.467 e. The van der Waals surface area contributed by atoms with Crippen LogP contribution in [0.2, 0.25) is 5.02 Å². The Balaban J connectivity index is 1.51. The van der Waals surface area contributed by atoms with Gasteiger partial charge in [-0.05, 0) is 62.4 Å².